The zero-order chi connectivity index (χ0) is 12.8. The lowest BCUT2D eigenvalue weighted by atomic mass is 9.87. The van der Waals surface area contributed by atoms with Gasteiger partial charge in [-0.25, -0.2) is 0 Å². The van der Waals surface area contributed by atoms with Gasteiger partial charge in [0, 0.05) is 18.9 Å². The van der Waals surface area contributed by atoms with Gasteiger partial charge in [0.2, 0.25) is 0 Å². The van der Waals surface area contributed by atoms with E-state index < -0.39 is 0 Å². The van der Waals surface area contributed by atoms with Crippen LogP contribution in [-0.2, 0) is 9.53 Å². The molecule has 1 aliphatic heterocycles. The Balaban J connectivity index is 2.08. The number of benzene rings is 1. The molecule has 0 radical (unpaired) electrons. The average Bonchev–Trinajstić information content (AvgIpc) is 2.41. The Labute approximate surface area is 109 Å². The number of hydrogen-bond acceptors (Lipinski definition) is 3. The zero-order valence-electron chi connectivity index (χ0n) is 10.9. The molecule has 1 aromatic rings. The van der Waals surface area contributed by atoms with Crippen molar-refractivity contribution in [2.45, 2.75) is 38.1 Å². The van der Waals surface area contributed by atoms with Crippen LogP contribution in [0.1, 0.15) is 37.7 Å². The standard InChI is InChI=1S/C15H21NO2/c1-12(17)18-11-14(13-7-3-2-4-8-13)15-9-5-6-10-16-15/h2-4,7-8,14-16H,5-6,9-11H2,1H3/t14-,15-/m1/s1. The fourth-order valence-electron chi connectivity index (χ4n) is 2.57. The topological polar surface area (TPSA) is 38.3 Å². The van der Waals surface area contributed by atoms with E-state index in [1.54, 1.807) is 0 Å². The van der Waals surface area contributed by atoms with E-state index in [2.05, 4.69) is 17.4 Å². The molecule has 1 fully saturated rings. The monoisotopic (exact) mass is 247 g/mol. The molecule has 1 saturated heterocycles. The summed E-state index contributed by atoms with van der Waals surface area (Å²) in [5, 5.41) is 3.55. The molecule has 2 atom stereocenters. The van der Waals surface area contributed by atoms with Crippen molar-refractivity contribution in [2.75, 3.05) is 13.2 Å². The molecular weight excluding hydrogens is 226 g/mol. The van der Waals surface area contributed by atoms with Crippen LogP contribution < -0.4 is 5.32 Å². The molecular formula is C15H21NO2. The van der Waals surface area contributed by atoms with Crippen LogP contribution in [-0.4, -0.2) is 25.2 Å². The summed E-state index contributed by atoms with van der Waals surface area (Å²) in [5.41, 5.74) is 1.25. The first-order valence-electron chi connectivity index (χ1n) is 6.69. The molecule has 2 rings (SSSR count). The first-order valence-corrected chi connectivity index (χ1v) is 6.69. The molecule has 0 amide bonds. The van der Waals surface area contributed by atoms with E-state index in [0.29, 0.717) is 12.6 Å². The number of piperidine rings is 1. The molecule has 0 aromatic heterocycles. The van der Waals surface area contributed by atoms with Gasteiger partial charge in [-0.15, -0.1) is 0 Å². The van der Waals surface area contributed by atoms with E-state index in [4.69, 9.17) is 4.74 Å². The van der Waals surface area contributed by atoms with Crippen molar-refractivity contribution in [3.05, 3.63) is 35.9 Å². The summed E-state index contributed by atoms with van der Waals surface area (Å²) in [6.07, 6.45) is 3.65. The van der Waals surface area contributed by atoms with E-state index in [1.807, 2.05) is 18.2 Å². The summed E-state index contributed by atoms with van der Waals surface area (Å²) >= 11 is 0. The maximum absolute atomic E-state index is 11.0. The summed E-state index contributed by atoms with van der Waals surface area (Å²) in [7, 11) is 0. The average molecular weight is 247 g/mol. The van der Waals surface area contributed by atoms with E-state index in [1.165, 1.54) is 25.3 Å². The molecule has 1 aliphatic rings. The minimum absolute atomic E-state index is 0.202. The molecule has 18 heavy (non-hydrogen) atoms. The second-order valence-electron chi connectivity index (χ2n) is 4.88. The van der Waals surface area contributed by atoms with Crippen LogP contribution in [0.2, 0.25) is 0 Å². The van der Waals surface area contributed by atoms with Crippen LogP contribution in [0.4, 0.5) is 0 Å². The lowest BCUT2D eigenvalue weighted by Gasteiger charge is -2.31. The van der Waals surface area contributed by atoms with Gasteiger partial charge in [0.05, 0.1) is 6.61 Å². The molecule has 1 heterocycles. The highest BCUT2D eigenvalue weighted by atomic mass is 16.5. The van der Waals surface area contributed by atoms with Crippen LogP contribution in [0.5, 0.6) is 0 Å². The van der Waals surface area contributed by atoms with E-state index in [9.17, 15) is 4.79 Å². The fourth-order valence-corrected chi connectivity index (χ4v) is 2.57. The number of ether oxygens (including phenoxy) is 1. The Bertz CT molecular complexity index is 371. The quantitative estimate of drug-likeness (QED) is 0.831. The Kier molecular flexibility index (Phi) is 4.76. The second kappa shape index (κ2) is 6.55. The Morgan fingerprint density at radius 1 is 1.39 bits per heavy atom. The molecule has 0 bridgehead atoms. The SMILES string of the molecule is CC(=O)OC[C@H](c1ccccc1)[C@H]1CCCCN1. The van der Waals surface area contributed by atoms with E-state index in [0.717, 1.165) is 13.0 Å². The smallest absolute Gasteiger partial charge is 0.302 e. The van der Waals surface area contributed by atoms with Gasteiger partial charge in [0.1, 0.15) is 0 Å². The van der Waals surface area contributed by atoms with Crippen LogP contribution in [0, 0.1) is 0 Å². The van der Waals surface area contributed by atoms with Crippen molar-refractivity contribution in [1.82, 2.24) is 5.32 Å². The Morgan fingerprint density at radius 2 is 2.17 bits per heavy atom. The molecule has 0 unspecified atom stereocenters. The lowest BCUT2D eigenvalue weighted by molar-refractivity contribution is -0.141. The number of nitrogens with one attached hydrogen (secondary N) is 1. The van der Waals surface area contributed by atoms with E-state index >= 15 is 0 Å². The van der Waals surface area contributed by atoms with E-state index in [-0.39, 0.29) is 11.9 Å². The van der Waals surface area contributed by atoms with Gasteiger partial charge in [0.15, 0.2) is 0 Å². The highest BCUT2D eigenvalue weighted by Gasteiger charge is 2.25. The lowest BCUT2D eigenvalue weighted by Crippen LogP contribution is -2.40. The van der Waals surface area contributed by atoms with Crippen LogP contribution >= 0.6 is 0 Å². The summed E-state index contributed by atoms with van der Waals surface area (Å²) in [5.74, 6) is 0.0575. The minimum atomic E-state index is -0.202. The first-order chi connectivity index (χ1) is 8.77. The summed E-state index contributed by atoms with van der Waals surface area (Å²) in [6.45, 7) is 3.00. The van der Waals surface area contributed by atoms with Crippen molar-refractivity contribution in [3.8, 4) is 0 Å². The Morgan fingerprint density at radius 3 is 2.78 bits per heavy atom. The third-order valence-corrected chi connectivity index (χ3v) is 3.53. The van der Waals surface area contributed by atoms with Gasteiger partial charge in [0.25, 0.3) is 0 Å². The number of carbonyl (C=O) groups excluding carboxylic acids is 1. The van der Waals surface area contributed by atoms with Crippen molar-refractivity contribution >= 4 is 5.97 Å². The third kappa shape index (κ3) is 3.57. The third-order valence-electron chi connectivity index (χ3n) is 3.53. The van der Waals surface area contributed by atoms with Gasteiger partial charge < -0.3 is 10.1 Å². The largest absolute Gasteiger partial charge is 0.465 e. The molecule has 0 aliphatic carbocycles. The normalized spacial score (nSPS) is 21.3. The highest BCUT2D eigenvalue weighted by molar-refractivity contribution is 5.65. The van der Waals surface area contributed by atoms with Gasteiger partial charge >= 0.3 is 5.97 Å². The van der Waals surface area contributed by atoms with Crippen molar-refractivity contribution in [2.24, 2.45) is 0 Å². The first kappa shape index (κ1) is 13.1. The maximum Gasteiger partial charge on any atom is 0.302 e. The molecule has 1 aromatic carbocycles. The van der Waals surface area contributed by atoms with Gasteiger partial charge in [-0.05, 0) is 24.9 Å². The Hall–Kier alpha value is -1.35. The summed E-state index contributed by atoms with van der Waals surface area (Å²) in [6, 6.07) is 10.7. The minimum Gasteiger partial charge on any atom is -0.465 e. The number of hydrogen-bond donors (Lipinski definition) is 1. The fraction of sp³-hybridized carbons (Fsp3) is 0.533. The number of esters is 1. The predicted molar refractivity (Wildman–Crippen MR) is 71.5 cm³/mol. The zero-order valence-corrected chi connectivity index (χ0v) is 10.9. The highest BCUT2D eigenvalue weighted by Crippen LogP contribution is 2.25. The molecule has 0 saturated carbocycles. The summed E-state index contributed by atoms with van der Waals surface area (Å²) < 4.78 is 5.23. The van der Waals surface area contributed by atoms with Crippen molar-refractivity contribution < 1.29 is 9.53 Å². The maximum atomic E-state index is 11.0. The summed E-state index contributed by atoms with van der Waals surface area (Å²) in [4.78, 5) is 11.0. The molecule has 98 valence electrons. The van der Waals surface area contributed by atoms with Crippen molar-refractivity contribution in [1.29, 1.82) is 0 Å². The van der Waals surface area contributed by atoms with Gasteiger partial charge in [-0.3, -0.25) is 4.79 Å². The number of carbonyl (C=O) groups is 1. The van der Waals surface area contributed by atoms with Gasteiger partial charge in [-0.2, -0.15) is 0 Å². The second-order valence-corrected chi connectivity index (χ2v) is 4.88. The van der Waals surface area contributed by atoms with Crippen LogP contribution in [0.15, 0.2) is 30.3 Å². The molecule has 3 heteroatoms. The predicted octanol–water partition coefficient (Wildman–Crippen LogP) is 2.48. The molecule has 3 nitrogen and oxygen atoms in total. The van der Waals surface area contributed by atoms with Crippen LogP contribution in [0.3, 0.4) is 0 Å². The molecule has 1 N–H and O–H groups in total. The van der Waals surface area contributed by atoms with Crippen LogP contribution in [0.25, 0.3) is 0 Å². The van der Waals surface area contributed by atoms with Gasteiger partial charge in [-0.1, -0.05) is 36.8 Å². The number of rotatable bonds is 4. The van der Waals surface area contributed by atoms with Crippen molar-refractivity contribution in [3.63, 3.8) is 0 Å². The molecule has 0 spiro atoms.